The lowest BCUT2D eigenvalue weighted by atomic mass is 10.2. The Kier molecular flexibility index (Phi) is 7.24. The van der Waals surface area contributed by atoms with Crippen LogP contribution in [-0.4, -0.2) is 43.5 Å². The average Bonchev–Trinajstić information content (AvgIpc) is 2.59. The van der Waals surface area contributed by atoms with Gasteiger partial charge in [0, 0.05) is 22.1 Å². The van der Waals surface area contributed by atoms with E-state index < -0.39 is 22.5 Å². The van der Waals surface area contributed by atoms with Crippen molar-refractivity contribution in [2.75, 3.05) is 13.6 Å². The molecule has 27 heavy (non-hydrogen) atoms. The Morgan fingerprint density at radius 1 is 1.30 bits per heavy atom. The number of aromatic hydroxyl groups is 1. The minimum Gasteiger partial charge on any atom is -0.507 e. The van der Waals surface area contributed by atoms with E-state index in [2.05, 4.69) is 26.5 Å². The number of benzene rings is 2. The van der Waals surface area contributed by atoms with Crippen molar-refractivity contribution in [3.63, 3.8) is 0 Å². The van der Waals surface area contributed by atoms with Gasteiger partial charge in [0.2, 0.25) is 10.0 Å². The predicted molar refractivity (Wildman–Crippen MR) is 108 cm³/mol. The second-order valence-corrected chi connectivity index (χ2v) is 9.10. The van der Waals surface area contributed by atoms with Gasteiger partial charge < -0.3 is 5.11 Å². The molecule has 0 spiro atoms. The van der Waals surface area contributed by atoms with E-state index in [9.17, 15) is 18.3 Å². The summed E-state index contributed by atoms with van der Waals surface area (Å²) in [4.78, 5) is 11.8. The fourth-order valence-electron chi connectivity index (χ4n) is 1.97. The largest absolute Gasteiger partial charge is 0.507 e. The number of hydrazone groups is 1. The Hall–Kier alpha value is -1.65. The number of sulfonamides is 1. The van der Waals surface area contributed by atoms with E-state index in [1.165, 1.54) is 37.5 Å². The maximum absolute atomic E-state index is 12.5. The molecule has 2 aromatic rings. The third kappa shape index (κ3) is 5.66. The number of hydrogen-bond acceptors (Lipinski definition) is 5. The fraction of sp³-hybridized carbons (Fsp3) is 0.125. The SMILES string of the molecule is CN(CC(=O)NN=Cc1cc(Br)ccc1O)S(=O)(=O)c1cc(Cl)ccc1Cl. The van der Waals surface area contributed by atoms with Crippen molar-refractivity contribution < 1.29 is 18.3 Å². The van der Waals surface area contributed by atoms with Crippen molar-refractivity contribution in [2.45, 2.75) is 4.90 Å². The van der Waals surface area contributed by atoms with Crippen LogP contribution in [0.2, 0.25) is 10.0 Å². The molecular weight excluding hydrogens is 481 g/mol. The molecule has 2 aromatic carbocycles. The number of nitrogens with one attached hydrogen (secondary N) is 1. The molecule has 0 radical (unpaired) electrons. The van der Waals surface area contributed by atoms with Crippen LogP contribution < -0.4 is 5.43 Å². The molecule has 0 saturated heterocycles. The molecule has 2 N–H and O–H groups in total. The maximum Gasteiger partial charge on any atom is 0.255 e. The molecule has 11 heteroatoms. The molecule has 2 rings (SSSR count). The van der Waals surface area contributed by atoms with Gasteiger partial charge in [-0.3, -0.25) is 4.79 Å². The summed E-state index contributed by atoms with van der Waals surface area (Å²) in [5, 5.41) is 13.6. The van der Waals surface area contributed by atoms with Crippen LogP contribution in [-0.2, 0) is 14.8 Å². The molecule has 1 amide bonds. The predicted octanol–water partition coefficient (Wildman–Crippen LogP) is 3.23. The smallest absolute Gasteiger partial charge is 0.255 e. The van der Waals surface area contributed by atoms with E-state index in [0.717, 1.165) is 8.78 Å². The summed E-state index contributed by atoms with van der Waals surface area (Å²) in [6, 6.07) is 8.74. The molecule has 7 nitrogen and oxygen atoms in total. The number of rotatable bonds is 6. The van der Waals surface area contributed by atoms with E-state index in [-0.39, 0.29) is 20.7 Å². The standard InChI is InChI=1S/C16H14BrCl2N3O4S/c1-22(27(25,26)15-7-12(18)3-4-13(15)19)9-16(24)21-20-8-10-6-11(17)2-5-14(10)23/h2-8,23H,9H2,1H3,(H,21,24). The second-order valence-electron chi connectivity index (χ2n) is 5.33. The summed E-state index contributed by atoms with van der Waals surface area (Å²) in [5.41, 5.74) is 2.57. The summed E-state index contributed by atoms with van der Waals surface area (Å²) in [7, 11) is -2.79. The molecule has 0 fully saturated rings. The topological polar surface area (TPSA) is 99.1 Å². The number of hydrogen-bond donors (Lipinski definition) is 2. The number of carbonyl (C=O) groups excluding carboxylic acids is 1. The Bertz CT molecular complexity index is 999. The first-order chi connectivity index (χ1) is 12.6. The molecule has 0 bridgehead atoms. The summed E-state index contributed by atoms with van der Waals surface area (Å²) >= 11 is 15.0. The third-order valence-electron chi connectivity index (χ3n) is 3.33. The van der Waals surface area contributed by atoms with E-state index in [0.29, 0.717) is 5.56 Å². The van der Waals surface area contributed by atoms with E-state index >= 15 is 0 Å². The van der Waals surface area contributed by atoms with Crippen molar-refractivity contribution in [1.82, 2.24) is 9.73 Å². The molecular formula is C16H14BrCl2N3O4S. The van der Waals surface area contributed by atoms with Crippen molar-refractivity contribution in [3.8, 4) is 5.75 Å². The zero-order valence-electron chi connectivity index (χ0n) is 13.9. The lowest BCUT2D eigenvalue weighted by Crippen LogP contribution is -2.36. The number of carbonyl (C=O) groups is 1. The highest BCUT2D eigenvalue weighted by Crippen LogP contribution is 2.27. The Morgan fingerprint density at radius 3 is 2.70 bits per heavy atom. The molecule has 0 aliphatic heterocycles. The highest BCUT2D eigenvalue weighted by atomic mass is 79.9. The zero-order valence-corrected chi connectivity index (χ0v) is 17.8. The van der Waals surface area contributed by atoms with E-state index in [1.54, 1.807) is 12.1 Å². The first kappa shape index (κ1) is 21.6. The van der Waals surface area contributed by atoms with Crippen molar-refractivity contribution in [3.05, 3.63) is 56.5 Å². The highest BCUT2D eigenvalue weighted by Gasteiger charge is 2.25. The zero-order chi connectivity index (χ0) is 20.2. The fourth-order valence-corrected chi connectivity index (χ4v) is 4.21. The first-order valence-corrected chi connectivity index (χ1v) is 10.3. The number of likely N-dealkylation sites (N-methyl/N-ethyl adjacent to an activating group) is 1. The highest BCUT2D eigenvalue weighted by molar-refractivity contribution is 9.10. The minimum absolute atomic E-state index is 0.00481. The Balaban J connectivity index is 2.05. The van der Waals surface area contributed by atoms with Crippen LogP contribution in [0.3, 0.4) is 0 Å². The van der Waals surface area contributed by atoms with Crippen molar-refractivity contribution in [2.24, 2.45) is 5.10 Å². The molecule has 0 aliphatic rings. The molecule has 0 atom stereocenters. The minimum atomic E-state index is -4.02. The quantitative estimate of drug-likeness (QED) is 0.475. The number of nitrogens with zero attached hydrogens (tertiary/aromatic N) is 2. The first-order valence-electron chi connectivity index (χ1n) is 7.33. The van der Waals surface area contributed by atoms with Gasteiger partial charge in [0.25, 0.3) is 5.91 Å². The third-order valence-corrected chi connectivity index (χ3v) is 6.34. The van der Waals surface area contributed by atoms with Crippen LogP contribution in [0.4, 0.5) is 0 Å². The lowest BCUT2D eigenvalue weighted by molar-refractivity contribution is -0.121. The van der Waals surface area contributed by atoms with Crippen LogP contribution in [0.1, 0.15) is 5.56 Å². The number of amides is 1. The van der Waals surface area contributed by atoms with Crippen LogP contribution in [0.5, 0.6) is 5.75 Å². The van der Waals surface area contributed by atoms with Gasteiger partial charge >= 0.3 is 0 Å². The van der Waals surface area contributed by atoms with Gasteiger partial charge in [-0.25, -0.2) is 13.8 Å². The van der Waals surface area contributed by atoms with Crippen LogP contribution in [0, 0.1) is 0 Å². The Labute approximate surface area is 174 Å². The summed E-state index contributed by atoms with van der Waals surface area (Å²) in [5.74, 6) is -0.698. The molecule has 0 heterocycles. The van der Waals surface area contributed by atoms with Crippen molar-refractivity contribution in [1.29, 1.82) is 0 Å². The number of phenols is 1. The van der Waals surface area contributed by atoms with Crippen LogP contribution in [0.15, 0.2) is 50.9 Å². The van der Waals surface area contributed by atoms with Gasteiger partial charge in [-0.1, -0.05) is 39.1 Å². The second kappa shape index (κ2) is 9.03. The molecule has 0 aromatic heterocycles. The van der Waals surface area contributed by atoms with E-state index in [1.807, 2.05) is 0 Å². The molecule has 0 aliphatic carbocycles. The van der Waals surface area contributed by atoms with Gasteiger partial charge in [-0.2, -0.15) is 9.41 Å². The monoisotopic (exact) mass is 493 g/mol. The van der Waals surface area contributed by atoms with E-state index in [4.69, 9.17) is 23.2 Å². The van der Waals surface area contributed by atoms with Crippen LogP contribution in [0.25, 0.3) is 0 Å². The van der Waals surface area contributed by atoms with Gasteiger partial charge in [0.1, 0.15) is 10.6 Å². The van der Waals surface area contributed by atoms with Crippen molar-refractivity contribution >= 4 is 61.3 Å². The van der Waals surface area contributed by atoms with Gasteiger partial charge in [-0.15, -0.1) is 0 Å². The summed E-state index contributed by atoms with van der Waals surface area (Å²) < 4.78 is 26.6. The number of phenolic OH excluding ortho intramolecular Hbond substituents is 1. The molecule has 144 valence electrons. The van der Waals surface area contributed by atoms with Gasteiger partial charge in [0.15, 0.2) is 0 Å². The number of halogens is 3. The summed E-state index contributed by atoms with van der Waals surface area (Å²) in [6.07, 6.45) is 1.24. The molecule has 0 saturated carbocycles. The normalized spacial score (nSPS) is 11.9. The summed E-state index contributed by atoms with van der Waals surface area (Å²) in [6.45, 7) is -0.493. The lowest BCUT2D eigenvalue weighted by Gasteiger charge is -2.17. The molecule has 0 unspecified atom stereocenters. The average molecular weight is 495 g/mol. The van der Waals surface area contributed by atoms with Gasteiger partial charge in [-0.05, 0) is 36.4 Å². The Morgan fingerprint density at radius 2 is 2.00 bits per heavy atom. The van der Waals surface area contributed by atoms with Crippen LogP contribution >= 0.6 is 39.1 Å². The van der Waals surface area contributed by atoms with Gasteiger partial charge in [0.05, 0.1) is 17.8 Å². The maximum atomic E-state index is 12.5.